The maximum Gasteiger partial charge on any atom is 0.167 e. The first-order chi connectivity index (χ1) is 13.5. The summed E-state index contributed by atoms with van der Waals surface area (Å²) in [4.78, 5) is 0. The highest BCUT2D eigenvalue weighted by molar-refractivity contribution is 5.66. The zero-order chi connectivity index (χ0) is 20.1. The molecule has 2 atom stereocenters. The minimum atomic E-state index is -0.991. The average Bonchev–Trinajstić information content (AvgIpc) is 2.71. The zero-order valence-electron chi connectivity index (χ0n) is 16.7. The van der Waals surface area contributed by atoms with E-state index in [-0.39, 0.29) is 17.2 Å². The Morgan fingerprint density at radius 1 is 0.929 bits per heavy atom. The van der Waals surface area contributed by atoms with Crippen LogP contribution in [0.2, 0.25) is 0 Å². The van der Waals surface area contributed by atoms with Crippen molar-refractivity contribution in [2.75, 3.05) is 6.61 Å². The first-order valence-electron chi connectivity index (χ1n) is 10.4. The Morgan fingerprint density at radius 2 is 1.71 bits per heavy atom. The lowest BCUT2D eigenvalue weighted by atomic mass is 9.90. The van der Waals surface area contributed by atoms with Crippen molar-refractivity contribution in [2.45, 2.75) is 64.9 Å². The van der Waals surface area contributed by atoms with E-state index in [9.17, 15) is 13.2 Å². The predicted molar refractivity (Wildman–Crippen MR) is 107 cm³/mol. The minimum absolute atomic E-state index is 0.0423. The second kappa shape index (κ2) is 9.60. The molecule has 1 heterocycles. The number of halogens is 3. The molecule has 1 aliphatic heterocycles. The van der Waals surface area contributed by atoms with Gasteiger partial charge in [-0.3, -0.25) is 0 Å². The topological polar surface area (TPSA) is 9.23 Å². The second-order valence-electron chi connectivity index (χ2n) is 7.75. The van der Waals surface area contributed by atoms with E-state index in [1.54, 1.807) is 13.0 Å². The molecule has 0 amide bonds. The van der Waals surface area contributed by atoms with Gasteiger partial charge in [-0.25, -0.2) is 13.2 Å². The zero-order valence-corrected chi connectivity index (χ0v) is 16.7. The smallest absolute Gasteiger partial charge is 0.167 e. The van der Waals surface area contributed by atoms with E-state index in [4.69, 9.17) is 4.74 Å². The van der Waals surface area contributed by atoms with E-state index < -0.39 is 17.5 Å². The fourth-order valence-electron chi connectivity index (χ4n) is 4.00. The molecule has 4 heteroatoms. The molecule has 152 valence electrons. The summed E-state index contributed by atoms with van der Waals surface area (Å²) in [6, 6.07) is 7.68. The molecule has 0 aliphatic carbocycles. The number of ether oxygens (including phenoxy) is 1. The van der Waals surface area contributed by atoms with Crippen molar-refractivity contribution in [3.8, 4) is 11.1 Å². The molecule has 2 unspecified atom stereocenters. The van der Waals surface area contributed by atoms with E-state index in [2.05, 4.69) is 6.92 Å². The molecular formula is C24H29F3O. The van der Waals surface area contributed by atoms with Crippen molar-refractivity contribution < 1.29 is 17.9 Å². The van der Waals surface area contributed by atoms with Gasteiger partial charge in [0.1, 0.15) is 5.82 Å². The van der Waals surface area contributed by atoms with E-state index in [0.29, 0.717) is 24.5 Å². The number of hydrogen-bond donors (Lipinski definition) is 0. The Labute approximate surface area is 165 Å². The maximum atomic E-state index is 14.7. The van der Waals surface area contributed by atoms with Crippen LogP contribution in [0, 0.1) is 23.4 Å². The summed E-state index contributed by atoms with van der Waals surface area (Å²) in [7, 11) is 0. The molecule has 0 spiro atoms. The number of hydrogen-bond acceptors (Lipinski definition) is 1. The van der Waals surface area contributed by atoms with Crippen LogP contribution in [-0.2, 0) is 11.2 Å². The van der Waals surface area contributed by atoms with Crippen molar-refractivity contribution in [1.82, 2.24) is 0 Å². The molecule has 2 aromatic rings. The molecule has 0 saturated carbocycles. The molecule has 3 rings (SSSR count). The van der Waals surface area contributed by atoms with Crippen LogP contribution < -0.4 is 0 Å². The molecule has 1 nitrogen and oxygen atoms in total. The summed E-state index contributed by atoms with van der Waals surface area (Å²) in [5, 5.41) is 0. The molecule has 1 saturated heterocycles. The van der Waals surface area contributed by atoms with Gasteiger partial charge < -0.3 is 4.74 Å². The Balaban J connectivity index is 1.71. The van der Waals surface area contributed by atoms with Gasteiger partial charge in [-0.2, -0.15) is 0 Å². The summed E-state index contributed by atoms with van der Waals surface area (Å²) < 4.78 is 49.2. The van der Waals surface area contributed by atoms with E-state index >= 15 is 0 Å². The van der Waals surface area contributed by atoms with Crippen LogP contribution in [0.5, 0.6) is 0 Å². The third-order valence-electron chi connectivity index (χ3n) is 5.78. The normalized spacial score (nSPS) is 19.8. The summed E-state index contributed by atoms with van der Waals surface area (Å²) in [5.74, 6) is -1.85. The molecule has 0 N–H and O–H groups in total. The van der Waals surface area contributed by atoms with Gasteiger partial charge in [0.25, 0.3) is 0 Å². The van der Waals surface area contributed by atoms with Crippen LogP contribution in [0.4, 0.5) is 13.2 Å². The molecular weight excluding hydrogens is 361 g/mol. The van der Waals surface area contributed by atoms with Crippen LogP contribution in [-0.4, -0.2) is 6.61 Å². The van der Waals surface area contributed by atoms with Gasteiger partial charge >= 0.3 is 0 Å². The fourth-order valence-corrected chi connectivity index (χ4v) is 4.00. The van der Waals surface area contributed by atoms with E-state index in [1.807, 2.05) is 0 Å². The van der Waals surface area contributed by atoms with Crippen LogP contribution in [0.3, 0.4) is 0 Å². The maximum absolute atomic E-state index is 14.7. The second-order valence-corrected chi connectivity index (χ2v) is 7.75. The SMILES string of the molecule is CCCCCC1CCC(c2ccc(-c3ccc(CC)c(F)c3F)c(F)c2)OC1. The molecule has 1 aliphatic rings. The lowest BCUT2D eigenvalue weighted by Crippen LogP contribution is -2.20. The summed E-state index contributed by atoms with van der Waals surface area (Å²) >= 11 is 0. The van der Waals surface area contributed by atoms with Crippen LogP contribution in [0.25, 0.3) is 11.1 Å². The molecule has 2 aromatic carbocycles. The van der Waals surface area contributed by atoms with Gasteiger partial charge in [-0.15, -0.1) is 0 Å². The van der Waals surface area contributed by atoms with Gasteiger partial charge in [-0.05, 0) is 48.8 Å². The van der Waals surface area contributed by atoms with Crippen LogP contribution in [0.1, 0.15) is 69.6 Å². The Morgan fingerprint density at radius 3 is 2.36 bits per heavy atom. The third kappa shape index (κ3) is 4.60. The highest BCUT2D eigenvalue weighted by Gasteiger charge is 2.24. The Bertz CT molecular complexity index is 795. The molecule has 0 radical (unpaired) electrons. The van der Waals surface area contributed by atoms with Gasteiger partial charge in [0.05, 0.1) is 12.7 Å². The lowest BCUT2D eigenvalue weighted by Gasteiger charge is -2.29. The van der Waals surface area contributed by atoms with Gasteiger partial charge in [0.2, 0.25) is 0 Å². The van der Waals surface area contributed by atoms with Crippen molar-refractivity contribution >= 4 is 0 Å². The average molecular weight is 390 g/mol. The van der Waals surface area contributed by atoms with Crippen LogP contribution in [0.15, 0.2) is 30.3 Å². The van der Waals surface area contributed by atoms with E-state index in [1.165, 1.54) is 49.9 Å². The largest absolute Gasteiger partial charge is 0.373 e. The standard InChI is InChI=1S/C24H29F3O/c1-3-5-6-7-16-8-13-22(28-15-16)18-10-11-19(21(25)14-18)20-12-9-17(4-2)23(26)24(20)27/h9-12,14,16,22H,3-8,13,15H2,1-2H3. The number of rotatable bonds is 7. The van der Waals surface area contributed by atoms with Crippen molar-refractivity contribution in [1.29, 1.82) is 0 Å². The first-order valence-corrected chi connectivity index (χ1v) is 10.4. The lowest BCUT2D eigenvalue weighted by molar-refractivity contribution is -0.0200. The Kier molecular flexibility index (Phi) is 7.17. The summed E-state index contributed by atoms with van der Waals surface area (Å²) in [5.41, 5.74) is 1.09. The highest BCUT2D eigenvalue weighted by atomic mass is 19.2. The number of benzene rings is 2. The fraction of sp³-hybridized carbons (Fsp3) is 0.500. The van der Waals surface area contributed by atoms with Crippen LogP contribution >= 0.6 is 0 Å². The molecule has 1 fully saturated rings. The molecule has 28 heavy (non-hydrogen) atoms. The highest BCUT2D eigenvalue weighted by Crippen LogP contribution is 2.35. The summed E-state index contributed by atoms with van der Waals surface area (Å²) in [6.45, 7) is 4.66. The van der Waals surface area contributed by atoms with E-state index in [0.717, 1.165) is 18.4 Å². The quantitative estimate of drug-likeness (QED) is 0.448. The predicted octanol–water partition coefficient (Wildman–Crippen LogP) is 7.38. The molecule has 0 aromatic heterocycles. The summed E-state index contributed by atoms with van der Waals surface area (Å²) in [6.07, 6.45) is 7.10. The minimum Gasteiger partial charge on any atom is -0.373 e. The van der Waals surface area contributed by atoms with Crippen molar-refractivity contribution in [2.24, 2.45) is 5.92 Å². The molecule has 0 bridgehead atoms. The Hall–Kier alpha value is -1.81. The van der Waals surface area contributed by atoms with Gasteiger partial charge in [0, 0.05) is 11.1 Å². The monoisotopic (exact) mass is 390 g/mol. The van der Waals surface area contributed by atoms with Gasteiger partial charge in [-0.1, -0.05) is 57.4 Å². The number of aryl methyl sites for hydroxylation is 1. The van der Waals surface area contributed by atoms with Crippen molar-refractivity contribution in [3.05, 3.63) is 58.9 Å². The first kappa shape index (κ1) is 20.9. The number of unbranched alkanes of at least 4 members (excludes halogenated alkanes) is 2. The third-order valence-corrected chi connectivity index (χ3v) is 5.78. The van der Waals surface area contributed by atoms with Gasteiger partial charge in [0.15, 0.2) is 11.6 Å². The van der Waals surface area contributed by atoms with Crippen molar-refractivity contribution in [3.63, 3.8) is 0 Å².